The number of rotatable bonds is 8. The highest BCUT2D eigenvalue weighted by Gasteiger charge is 2.17. The first-order valence-corrected chi connectivity index (χ1v) is 8.10. The minimum atomic E-state index is -0.181. The molecule has 0 heterocycles. The smallest absolute Gasteiger partial charge is 0.236 e. The van der Waals surface area contributed by atoms with Crippen molar-refractivity contribution in [1.82, 2.24) is 10.6 Å². The van der Waals surface area contributed by atoms with Gasteiger partial charge in [0.05, 0.1) is 6.04 Å². The molecule has 1 amide bonds. The Morgan fingerprint density at radius 3 is 2.19 bits per heavy atom. The lowest BCUT2D eigenvalue weighted by Gasteiger charge is -2.23. The van der Waals surface area contributed by atoms with Gasteiger partial charge in [-0.25, -0.2) is 0 Å². The van der Waals surface area contributed by atoms with E-state index < -0.39 is 0 Å². The maximum atomic E-state index is 12.1. The number of hydrogen-bond donors (Lipinski definition) is 2. The fraction of sp³-hybridized carbons (Fsp3) is 0.611. The van der Waals surface area contributed by atoms with Crippen molar-refractivity contribution in [3.63, 3.8) is 0 Å². The lowest BCUT2D eigenvalue weighted by molar-refractivity contribution is -0.123. The van der Waals surface area contributed by atoms with Crippen molar-refractivity contribution in [3.8, 4) is 0 Å². The van der Waals surface area contributed by atoms with Crippen LogP contribution in [0.1, 0.15) is 58.2 Å². The summed E-state index contributed by atoms with van der Waals surface area (Å²) < 4.78 is 0. The molecule has 0 fully saturated rings. The molecule has 0 bridgehead atoms. The van der Waals surface area contributed by atoms with E-state index in [9.17, 15) is 4.79 Å². The number of carbonyl (C=O) groups excluding carboxylic acids is 1. The quantitative estimate of drug-likeness (QED) is 0.770. The molecule has 0 saturated heterocycles. The van der Waals surface area contributed by atoms with Crippen LogP contribution in [0.5, 0.6) is 0 Å². The summed E-state index contributed by atoms with van der Waals surface area (Å²) in [5.41, 5.74) is 2.59. The largest absolute Gasteiger partial charge is 0.354 e. The van der Waals surface area contributed by atoms with Gasteiger partial charge in [0, 0.05) is 12.6 Å². The molecule has 2 atom stereocenters. The minimum Gasteiger partial charge on any atom is -0.354 e. The Hall–Kier alpha value is -1.35. The van der Waals surface area contributed by atoms with Crippen molar-refractivity contribution >= 4 is 5.91 Å². The maximum absolute atomic E-state index is 12.1. The minimum absolute atomic E-state index is 0.0762. The highest BCUT2D eigenvalue weighted by Crippen LogP contribution is 2.18. The molecule has 1 aromatic carbocycles. The van der Waals surface area contributed by atoms with Crippen LogP contribution in [0.25, 0.3) is 0 Å². The molecule has 0 saturated carbocycles. The third-order valence-corrected chi connectivity index (χ3v) is 3.73. The third-order valence-electron chi connectivity index (χ3n) is 3.73. The SMILES string of the molecule is CCc1ccc(C(CC)NC(C)C(=O)NCC(C)C)cc1. The lowest BCUT2D eigenvalue weighted by Crippen LogP contribution is -2.44. The molecular formula is C18H30N2O. The van der Waals surface area contributed by atoms with E-state index in [-0.39, 0.29) is 18.0 Å². The van der Waals surface area contributed by atoms with E-state index in [1.54, 1.807) is 0 Å². The zero-order valence-electron chi connectivity index (χ0n) is 14.1. The van der Waals surface area contributed by atoms with Gasteiger partial charge >= 0.3 is 0 Å². The molecule has 118 valence electrons. The van der Waals surface area contributed by atoms with Gasteiger partial charge < -0.3 is 5.32 Å². The standard InChI is InChI=1S/C18H30N2O/c1-6-15-8-10-16(11-9-15)17(7-2)20-14(5)18(21)19-12-13(3)4/h8-11,13-14,17,20H,6-7,12H2,1-5H3,(H,19,21). The number of carbonyl (C=O) groups is 1. The first-order valence-electron chi connectivity index (χ1n) is 8.10. The number of benzene rings is 1. The maximum Gasteiger partial charge on any atom is 0.236 e. The van der Waals surface area contributed by atoms with Gasteiger partial charge in [0.15, 0.2) is 0 Å². The molecule has 0 aliphatic carbocycles. The van der Waals surface area contributed by atoms with Crippen LogP contribution in [-0.2, 0) is 11.2 Å². The summed E-state index contributed by atoms with van der Waals surface area (Å²) in [6, 6.07) is 8.71. The van der Waals surface area contributed by atoms with Gasteiger partial charge in [-0.1, -0.05) is 52.0 Å². The van der Waals surface area contributed by atoms with Crippen LogP contribution in [0.3, 0.4) is 0 Å². The summed E-state index contributed by atoms with van der Waals surface area (Å²) in [4.78, 5) is 12.1. The first-order chi connectivity index (χ1) is 9.97. The van der Waals surface area contributed by atoms with E-state index >= 15 is 0 Å². The summed E-state index contributed by atoms with van der Waals surface area (Å²) in [6.07, 6.45) is 2.02. The van der Waals surface area contributed by atoms with Crippen molar-refractivity contribution in [2.45, 2.75) is 59.5 Å². The highest BCUT2D eigenvalue weighted by atomic mass is 16.2. The van der Waals surface area contributed by atoms with Gasteiger partial charge in [-0.05, 0) is 36.8 Å². The predicted octanol–water partition coefficient (Wildman–Crippen LogP) is 3.45. The van der Waals surface area contributed by atoms with Crippen molar-refractivity contribution in [2.24, 2.45) is 5.92 Å². The molecule has 2 N–H and O–H groups in total. The summed E-state index contributed by atoms with van der Waals surface area (Å²) in [7, 11) is 0. The van der Waals surface area contributed by atoms with Crippen molar-refractivity contribution in [1.29, 1.82) is 0 Å². The van der Waals surface area contributed by atoms with Crippen LogP contribution in [0.15, 0.2) is 24.3 Å². The van der Waals surface area contributed by atoms with Crippen molar-refractivity contribution in [3.05, 3.63) is 35.4 Å². The average Bonchev–Trinajstić information content (AvgIpc) is 2.50. The number of aryl methyl sites for hydroxylation is 1. The molecule has 0 spiro atoms. The zero-order chi connectivity index (χ0) is 15.8. The topological polar surface area (TPSA) is 41.1 Å². The number of nitrogens with one attached hydrogen (secondary N) is 2. The van der Waals surface area contributed by atoms with Crippen molar-refractivity contribution in [2.75, 3.05) is 6.54 Å². The van der Waals surface area contributed by atoms with E-state index in [4.69, 9.17) is 0 Å². The van der Waals surface area contributed by atoms with Crippen LogP contribution in [-0.4, -0.2) is 18.5 Å². The van der Waals surface area contributed by atoms with Crippen LogP contribution >= 0.6 is 0 Å². The van der Waals surface area contributed by atoms with Crippen LogP contribution in [0.2, 0.25) is 0 Å². The van der Waals surface area contributed by atoms with E-state index in [0.29, 0.717) is 5.92 Å². The lowest BCUT2D eigenvalue weighted by atomic mass is 10.0. The van der Waals surface area contributed by atoms with Gasteiger partial charge in [-0.2, -0.15) is 0 Å². The van der Waals surface area contributed by atoms with Crippen LogP contribution < -0.4 is 10.6 Å². The van der Waals surface area contributed by atoms with E-state index in [1.165, 1.54) is 11.1 Å². The Morgan fingerprint density at radius 1 is 1.10 bits per heavy atom. The third kappa shape index (κ3) is 5.88. The normalized spacial score (nSPS) is 14.0. The predicted molar refractivity (Wildman–Crippen MR) is 89.3 cm³/mol. The van der Waals surface area contributed by atoms with Crippen LogP contribution in [0.4, 0.5) is 0 Å². The van der Waals surface area contributed by atoms with Gasteiger partial charge in [0.2, 0.25) is 5.91 Å². The Kier molecular flexibility index (Phi) is 7.44. The monoisotopic (exact) mass is 290 g/mol. The number of hydrogen-bond acceptors (Lipinski definition) is 2. The summed E-state index contributed by atoms with van der Waals surface area (Å²) in [6.45, 7) is 11.2. The molecule has 1 aromatic rings. The van der Waals surface area contributed by atoms with Crippen LogP contribution in [0, 0.1) is 5.92 Å². The molecule has 2 unspecified atom stereocenters. The van der Waals surface area contributed by atoms with Gasteiger partial charge in [0.25, 0.3) is 0 Å². The summed E-state index contributed by atoms with van der Waals surface area (Å²) >= 11 is 0. The van der Waals surface area contributed by atoms with E-state index in [0.717, 1.165) is 19.4 Å². The van der Waals surface area contributed by atoms with Gasteiger partial charge in [-0.3, -0.25) is 10.1 Å². The second-order valence-corrected chi connectivity index (χ2v) is 6.08. The second-order valence-electron chi connectivity index (χ2n) is 6.08. The molecule has 0 radical (unpaired) electrons. The number of amides is 1. The molecular weight excluding hydrogens is 260 g/mol. The molecule has 3 nitrogen and oxygen atoms in total. The molecule has 1 rings (SSSR count). The fourth-order valence-corrected chi connectivity index (χ4v) is 2.27. The van der Waals surface area contributed by atoms with E-state index in [2.05, 4.69) is 62.6 Å². The highest BCUT2D eigenvalue weighted by molar-refractivity contribution is 5.81. The Bertz CT molecular complexity index is 425. The summed E-state index contributed by atoms with van der Waals surface area (Å²) in [5.74, 6) is 0.553. The van der Waals surface area contributed by atoms with Crippen molar-refractivity contribution < 1.29 is 4.79 Å². The molecule has 0 aliphatic heterocycles. The Morgan fingerprint density at radius 2 is 1.71 bits per heavy atom. The average molecular weight is 290 g/mol. The molecule has 21 heavy (non-hydrogen) atoms. The van der Waals surface area contributed by atoms with Gasteiger partial charge in [0.1, 0.15) is 0 Å². The van der Waals surface area contributed by atoms with E-state index in [1.807, 2.05) is 6.92 Å². The second kappa shape index (κ2) is 8.83. The first kappa shape index (κ1) is 17.7. The van der Waals surface area contributed by atoms with Gasteiger partial charge in [-0.15, -0.1) is 0 Å². The molecule has 3 heteroatoms. The Balaban J connectivity index is 2.61. The summed E-state index contributed by atoms with van der Waals surface area (Å²) in [5, 5.41) is 6.41. The Labute approximate surface area is 129 Å². The zero-order valence-corrected chi connectivity index (χ0v) is 14.1. The fourth-order valence-electron chi connectivity index (χ4n) is 2.27. The molecule has 0 aliphatic rings. The molecule has 0 aromatic heterocycles.